The van der Waals surface area contributed by atoms with Gasteiger partial charge in [0.05, 0.1) is 6.04 Å². The second-order valence-electron chi connectivity index (χ2n) is 8.50. The Morgan fingerprint density at radius 2 is 1.89 bits per heavy atom. The zero-order valence-corrected chi connectivity index (χ0v) is 17.9. The maximum absolute atomic E-state index is 12.7. The third-order valence-electron chi connectivity index (χ3n) is 4.66. The molecule has 0 aromatic heterocycles. The first-order chi connectivity index (χ1) is 13.1. The first kappa shape index (κ1) is 22.0. The molecule has 1 aliphatic heterocycles. The predicted octanol–water partition coefficient (Wildman–Crippen LogP) is 3.10. The smallest absolute Gasteiger partial charge is 0.410 e. The first-order valence-corrected chi connectivity index (χ1v) is 9.72. The van der Waals surface area contributed by atoms with Crippen molar-refractivity contribution in [2.24, 2.45) is 0 Å². The number of amides is 2. The van der Waals surface area contributed by atoms with Crippen molar-refractivity contribution in [1.82, 2.24) is 14.7 Å². The minimum absolute atomic E-state index is 0.0762. The highest BCUT2D eigenvalue weighted by molar-refractivity contribution is 5.87. The maximum Gasteiger partial charge on any atom is 0.410 e. The lowest BCUT2D eigenvalue weighted by Crippen LogP contribution is -2.43. The van der Waals surface area contributed by atoms with Crippen LogP contribution in [0.4, 0.5) is 4.79 Å². The Balaban J connectivity index is 2.25. The van der Waals surface area contributed by atoms with Crippen LogP contribution >= 0.6 is 0 Å². The average molecular weight is 388 g/mol. The molecule has 154 valence electrons. The topological polar surface area (TPSA) is 53.1 Å². The van der Waals surface area contributed by atoms with Crippen LogP contribution in [0.5, 0.6) is 0 Å². The van der Waals surface area contributed by atoms with E-state index in [1.165, 1.54) is 0 Å². The van der Waals surface area contributed by atoms with Crippen LogP contribution in [0.15, 0.2) is 36.4 Å². The summed E-state index contributed by atoms with van der Waals surface area (Å²) in [6.07, 6.45) is 3.86. The van der Waals surface area contributed by atoms with E-state index in [1.807, 2.05) is 64.0 Å². The summed E-state index contributed by atoms with van der Waals surface area (Å²) in [5, 5.41) is 0. The fourth-order valence-electron chi connectivity index (χ4n) is 3.20. The number of nitrogens with zero attached hydrogens (tertiary/aromatic N) is 3. The van der Waals surface area contributed by atoms with Gasteiger partial charge in [-0.05, 0) is 52.4 Å². The molecule has 1 heterocycles. The molecule has 0 N–H and O–H groups in total. The van der Waals surface area contributed by atoms with Gasteiger partial charge in [-0.1, -0.05) is 30.3 Å². The van der Waals surface area contributed by atoms with Crippen LogP contribution in [0.2, 0.25) is 0 Å². The summed E-state index contributed by atoms with van der Waals surface area (Å²) in [6, 6.07) is 7.88. The van der Waals surface area contributed by atoms with Gasteiger partial charge < -0.3 is 19.4 Å². The number of ether oxygens (including phenoxy) is 1. The molecule has 1 atom stereocenters. The average Bonchev–Trinajstić information content (AvgIpc) is 2.79. The Morgan fingerprint density at radius 3 is 2.54 bits per heavy atom. The monoisotopic (exact) mass is 387 g/mol. The number of hydrogen-bond acceptors (Lipinski definition) is 4. The molecule has 2 rings (SSSR count). The molecule has 1 aromatic carbocycles. The number of hydrogen-bond donors (Lipinski definition) is 0. The minimum atomic E-state index is -0.553. The Bertz CT molecular complexity index is 722. The third kappa shape index (κ3) is 6.09. The molecule has 0 saturated heterocycles. The van der Waals surface area contributed by atoms with Gasteiger partial charge in [0.2, 0.25) is 5.91 Å². The van der Waals surface area contributed by atoms with Crippen LogP contribution in [-0.4, -0.2) is 73.1 Å². The van der Waals surface area contributed by atoms with Gasteiger partial charge in [-0.25, -0.2) is 4.79 Å². The summed E-state index contributed by atoms with van der Waals surface area (Å²) in [6.45, 7) is 7.27. The number of rotatable bonds is 4. The molecule has 0 bridgehead atoms. The summed E-state index contributed by atoms with van der Waals surface area (Å²) in [5.74, 6) is -0.0762. The highest BCUT2D eigenvalue weighted by Crippen LogP contribution is 2.29. The molecule has 0 spiro atoms. The van der Waals surface area contributed by atoms with Crippen molar-refractivity contribution >= 4 is 12.0 Å². The summed E-state index contributed by atoms with van der Waals surface area (Å²) in [7, 11) is 5.71. The highest BCUT2D eigenvalue weighted by atomic mass is 16.6. The number of carbonyl (C=O) groups is 2. The molecule has 1 aliphatic rings. The normalized spacial score (nSPS) is 17.4. The third-order valence-corrected chi connectivity index (χ3v) is 4.66. The zero-order valence-electron chi connectivity index (χ0n) is 17.9. The molecule has 6 heteroatoms. The van der Waals surface area contributed by atoms with Gasteiger partial charge in [0.25, 0.3) is 0 Å². The van der Waals surface area contributed by atoms with Crippen molar-refractivity contribution in [2.45, 2.75) is 38.8 Å². The second kappa shape index (κ2) is 9.24. The van der Waals surface area contributed by atoms with E-state index in [9.17, 15) is 9.59 Å². The SMILES string of the molecule is CN(C)C/C=C/C(=O)N(C)C1CN(C(=O)OC(C)(C)C)CCc2ccccc21. The minimum Gasteiger partial charge on any atom is -0.444 e. The van der Waals surface area contributed by atoms with E-state index in [1.54, 1.807) is 22.9 Å². The van der Waals surface area contributed by atoms with Crippen molar-refractivity contribution in [1.29, 1.82) is 0 Å². The van der Waals surface area contributed by atoms with Crippen LogP contribution in [0.25, 0.3) is 0 Å². The molecule has 1 aromatic rings. The van der Waals surface area contributed by atoms with Crippen LogP contribution in [-0.2, 0) is 16.0 Å². The predicted molar refractivity (Wildman–Crippen MR) is 111 cm³/mol. The number of carbonyl (C=O) groups excluding carboxylic acids is 2. The molecule has 6 nitrogen and oxygen atoms in total. The molecule has 1 unspecified atom stereocenters. The van der Waals surface area contributed by atoms with E-state index in [4.69, 9.17) is 4.74 Å². The van der Waals surface area contributed by atoms with Crippen LogP contribution in [0.1, 0.15) is 37.9 Å². The van der Waals surface area contributed by atoms with Gasteiger partial charge in [0.1, 0.15) is 5.60 Å². The second-order valence-corrected chi connectivity index (χ2v) is 8.50. The van der Waals surface area contributed by atoms with E-state index >= 15 is 0 Å². The maximum atomic E-state index is 12.7. The standard InChI is InChI=1S/C22H33N3O3/c1-22(2,3)28-21(27)25-15-13-17-10-7-8-11-18(17)19(16-25)24(6)20(26)12-9-14-23(4)5/h7-12,19H,13-16H2,1-6H3/b12-9+. The lowest BCUT2D eigenvalue weighted by atomic mass is 9.98. The Kier molecular flexibility index (Phi) is 7.24. The van der Waals surface area contributed by atoms with Gasteiger partial charge >= 0.3 is 6.09 Å². The Morgan fingerprint density at radius 1 is 1.21 bits per heavy atom. The molecule has 2 amide bonds. The van der Waals surface area contributed by atoms with Gasteiger partial charge in [0, 0.05) is 32.8 Å². The van der Waals surface area contributed by atoms with Gasteiger partial charge in [0.15, 0.2) is 0 Å². The van der Waals surface area contributed by atoms with E-state index in [-0.39, 0.29) is 18.0 Å². The molecule has 0 radical (unpaired) electrons. The Labute approximate surface area is 168 Å². The zero-order chi connectivity index (χ0) is 20.9. The van der Waals surface area contributed by atoms with Crippen molar-refractivity contribution in [3.8, 4) is 0 Å². The fraction of sp³-hybridized carbons (Fsp3) is 0.545. The van der Waals surface area contributed by atoms with Crippen LogP contribution in [0, 0.1) is 0 Å². The lowest BCUT2D eigenvalue weighted by Gasteiger charge is -2.32. The summed E-state index contributed by atoms with van der Waals surface area (Å²) < 4.78 is 5.58. The number of likely N-dealkylation sites (N-methyl/N-ethyl adjacent to an activating group) is 2. The van der Waals surface area contributed by atoms with Gasteiger partial charge in [-0.15, -0.1) is 0 Å². The fourth-order valence-corrected chi connectivity index (χ4v) is 3.20. The quantitative estimate of drug-likeness (QED) is 0.745. The molecule has 0 fully saturated rings. The Hall–Kier alpha value is -2.34. The molecule has 0 aliphatic carbocycles. The number of fused-ring (bicyclic) bond motifs is 1. The summed E-state index contributed by atoms with van der Waals surface area (Å²) in [5.41, 5.74) is 1.70. The van der Waals surface area contributed by atoms with E-state index in [0.29, 0.717) is 19.6 Å². The lowest BCUT2D eigenvalue weighted by molar-refractivity contribution is -0.127. The van der Waals surface area contributed by atoms with E-state index in [2.05, 4.69) is 6.07 Å². The van der Waals surface area contributed by atoms with Crippen molar-refractivity contribution < 1.29 is 14.3 Å². The van der Waals surface area contributed by atoms with Crippen molar-refractivity contribution in [3.05, 3.63) is 47.5 Å². The highest BCUT2D eigenvalue weighted by Gasteiger charge is 2.31. The number of benzene rings is 1. The van der Waals surface area contributed by atoms with Crippen LogP contribution in [0.3, 0.4) is 0 Å². The summed E-state index contributed by atoms with van der Waals surface area (Å²) >= 11 is 0. The van der Waals surface area contributed by atoms with Crippen molar-refractivity contribution in [3.63, 3.8) is 0 Å². The molecule has 28 heavy (non-hydrogen) atoms. The van der Waals surface area contributed by atoms with Crippen molar-refractivity contribution in [2.75, 3.05) is 40.8 Å². The van der Waals surface area contributed by atoms with Gasteiger partial charge in [-0.2, -0.15) is 0 Å². The van der Waals surface area contributed by atoms with E-state index < -0.39 is 5.60 Å². The van der Waals surface area contributed by atoms with Crippen LogP contribution < -0.4 is 0 Å². The molecular formula is C22H33N3O3. The molecular weight excluding hydrogens is 354 g/mol. The first-order valence-electron chi connectivity index (χ1n) is 9.72. The van der Waals surface area contributed by atoms with Gasteiger partial charge in [-0.3, -0.25) is 4.79 Å². The summed E-state index contributed by atoms with van der Waals surface area (Å²) in [4.78, 5) is 30.8. The van der Waals surface area contributed by atoms with E-state index in [0.717, 1.165) is 17.5 Å². The molecule has 0 saturated carbocycles. The largest absolute Gasteiger partial charge is 0.444 e.